The van der Waals surface area contributed by atoms with Gasteiger partial charge < -0.3 is 15.6 Å². The molecule has 0 radical (unpaired) electrons. The molecule has 0 saturated heterocycles. The summed E-state index contributed by atoms with van der Waals surface area (Å²) in [6.07, 6.45) is 3.94. The third-order valence-corrected chi connectivity index (χ3v) is 8.31. The number of benzene rings is 2. The number of carboxylic acids is 1. The number of nitrogens with two attached hydrogens (primary N) is 1. The quantitative estimate of drug-likeness (QED) is 0.271. The number of carbonyl (C=O) groups excluding carboxylic acids is 1. The van der Waals surface area contributed by atoms with Crippen LogP contribution >= 0.6 is 34.8 Å². The highest BCUT2D eigenvalue weighted by Gasteiger charge is 2.53. The van der Waals surface area contributed by atoms with Gasteiger partial charge in [0, 0.05) is 39.7 Å². The van der Waals surface area contributed by atoms with Crippen molar-refractivity contribution >= 4 is 52.3 Å². The van der Waals surface area contributed by atoms with Gasteiger partial charge in [-0.1, -0.05) is 53.9 Å². The lowest BCUT2D eigenvalue weighted by Crippen LogP contribution is -2.18. The van der Waals surface area contributed by atoms with Crippen LogP contribution in [0.15, 0.2) is 60.3 Å². The van der Waals surface area contributed by atoms with E-state index in [0.717, 1.165) is 30.5 Å². The number of nitrogens with zero attached hydrogens (tertiary/aromatic N) is 1. The van der Waals surface area contributed by atoms with Crippen LogP contribution in [0.2, 0.25) is 15.1 Å². The minimum absolute atomic E-state index is 0.0514. The van der Waals surface area contributed by atoms with E-state index in [1.54, 1.807) is 36.4 Å². The molecule has 1 aromatic heterocycles. The Morgan fingerprint density at radius 1 is 1.08 bits per heavy atom. The predicted molar refractivity (Wildman–Crippen MR) is 148 cm³/mol. The average molecular weight is 572 g/mol. The number of aromatic carboxylic acids is 1. The topological polar surface area (TPSA) is 103 Å². The van der Waals surface area contributed by atoms with E-state index in [0.29, 0.717) is 32.0 Å². The molecule has 2 aliphatic rings. The van der Waals surface area contributed by atoms with E-state index in [2.05, 4.69) is 11.9 Å². The summed E-state index contributed by atoms with van der Waals surface area (Å²) in [6.45, 7) is 2.03. The molecular formula is C29H25Cl3N2O4. The van der Waals surface area contributed by atoms with Crippen molar-refractivity contribution in [1.82, 2.24) is 4.98 Å². The molecule has 9 heteroatoms. The molecule has 3 N–H and O–H groups in total. The molecule has 0 spiro atoms. The average Bonchev–Trinajstić information content (AvgIpc) is 3.80. The summed E-state index contributed by atoms with van der Waals surface area (Å²) < 4.78 is 6.01. The lowest BCUT2D eigenvalue weighted by Gasteiger charge is -2.17. The Kier molecular flexibility index (Phi) is 7.16. The number of ether oxygens (including phenoxy) is 1. The van der Waals surface area contributed by atoms with Crippen molar-refractivity contribution in [2.24, 2.45) is 11.7 Å². The van der Waals surface area contributed by atoms with Gasteiger partial charge in [0.05, 0.1) is 26.9 Å². The van der Waals surface area contributed by atoms with Crippen molar-refractivity contribution < 1.29 is 19.4 Å². The highest BCUT2D eigenvalue weighted by molar-refractivity contribution is 6.37. The molecule has 0 bridgehead atoms. The summed E-state index contributed by atoms with van der Waals surface area (Å²) in [5.41, 5.74) is 8.98. The van der Waals surface area contributed by atoms with Crippen LogP contribution in [0, 0.1) is 5.92 Å². The third-order valence-electron chi connectivity index (χ3n) is 7.36. The molecule has 2 aromatic carbocycles. The number of ketones is 1. The molecule has 2 saturated carbocycles. The molecule has 2 fully saturated rings. The van der Waals surface area contributed by atoms with Crippen molar-refractivity contribution in [2.75, 3.05) is 6.61 Å². The highest BCUT2D eigenvalue weighted by atomic mass is 35.5. The molecular weight excluding hydrogens is 547 g/mol. The van der Waals surface area contributed by atoms with Crippen molar-refractivity contribution in [3.63, 3.8) is 0 Å². The number of hydrogen-bond acceptors (Lipinski definition) is 5. The minimum Gasteiger partial charge on any atom is -0.489 e. The van der Waals surface area contributed by atoms with Crippen LogP contribution in [0.4, 0.5) is 0 Å². The highest BCUT2D eigenvalue weighted by Crippen LogP contribution is 2.61. The van der Waals surface area contributed by atoms with E-state index in [4.69, 9.17) is 45.3 Å². The smallest absolute Gasteiger partial charge is 0.335 e. The summed E-state index contributed by atoms with van der Waals surface area (Å²) in [5.74, 6) is -0.576. The van der Waals surface area contributed by atoms with Gasteiger partial charge in [-0.05, 0) is 61.2 Å². The number of hydrogen-bond donors (Lipinski definition) is 2. The molecule has 38 heavy (non-hydrogen) atoms. The van der Waals surface area contributed by atoms with Crippen LogP contribution in [0.1, 0.15) is 59.3 Å². The number of Topliss-reactive ketones (excluding diaryl/α,β-unsaturated/α-hetero) is 1. The summed E-state index contributed by atoms with van der Waals surface area (Å²) >= 11 is 19.4. The number of carbonyl (C=O) groups is 2. The van der Waals surface area contributed by atoms with Gasteiger partial charge in [-0.15, -0.1) is 0 Å². The second-order valence-corrected chi connectivity index (χ2v) is 11.2. The first-order valence-electron chi connectivity index (χ1n) is 12.2. The Balaban J connectivity index is 1.37. The fraction of sp³-hybridized carbons (Fsp3) is 0.276. The van der Waals surface area contributed by atoms with E-state index in [1.807, 2.05) is 6.07 Å². The van der Waals surface area contributed by atoms with Gasteiger partial charge in [0.2, 0.25) is 0 Å². The van der Waals surface area contributed by atoms with E-state index in [1.165, 1.54) is 12.3 Å². The van der Waals surface area contributed by atoms with Crippen LogP contribution < -0.4 is 10.5 Å². The molecule has 2 aliphatic carbocycles. The Morgan fingerprint density at radius 3 is 2.42 bits per heavy atom. The fourth-order valence-corrected chi connectivity index (χ4v) is 5.84. The lowest BCUT2D eigenvalue weighted by atomic mass is 9.93. The summed E-state index contributed by atoms with van der Waals surface area (Å²) in [5, 5.41) is 10.5. The second-order valence-electron chi connectivity index (χ2n) is 10.0. The zero-order chi connectivity index (χ0) is 27.2. The Bertz CT molecular complexity index is 1460. The molecule has 0 amide bonds. The molecule has 5 rings (SSSR count). The van der Waals surface area contributed by atoms with Crippen LogP contribution in [0.5, 0.6) is 5.75 Å². The number of halogens is 3. The SMILES string of the molecule is CC1(c2ccc(OCC(C(=O)C3CC3)=C(N)c3c(Cl)cccc3Cl)cc2Cl)CC1c1cc(C(=O)O)ccn1. The van der Waals surface area contributed by atoms with Crippen molar-refractivity contribution in [3.05, 3.63) is 97.8 Å². The molecule has 0 aliphatic heterocycles. The number of pyridine rings is 1. The van der Waals surface area contributed by atoms with Gasteiger partial charge in [-0.25, -0.2) is 4.79 Å². The minimum atomic E-state index is -0.985. The Hall–Kier alpha value is -3.06. The maximum absolute atomic E-state index is 13.1. The maximum atomic E-state index is 13.1. The normalized spacial score (nSPS) is 21.0. The van der Waals surface area contributed by atoms with Gasteiger partial charge in [0.25, 0.3) is 0 Å². The Morgan fingerprint density at radius 2 is 1.79 bits per heavy atom. The number of carboxylic acid groups (broad SMARTS) is 1. The summed E-state index contributed by atoms with van der Waals surface area (Å²) in [4.78, 5) is 28.8. The molecule has 6 nitrogen and oxygen atoms in total. The fourth-order valence-electron chi connectivity index (χ4n) is 4.85. The van der Waals surface area contributed by atoms with Gasteiger partial charge >= 0.3 is 5.97 Å². The predicted octanol–water partition coefficient (Wildman–Crippen LogP) is 6.91. The van der Waals surface area contributed by atoms with Gasteiger partial charge in [0.1, 0.15) is 12.4 Å². The van der Waals surface area contributed by atoms with Crippen molar-refractivity contribution in [2.45, 2.75) is 37.5 Å². The number of rotatable bonds is 9. The first kappa shape index (κ1) is 26.5. The van der Waals surface area contributed by atoms with E-state index >= 15 is 0 Å². The third kappa shape index (κ3) is 5.13. The molecule has 2 unspecified atom stereocenters. The monoisotopic (exact) mass is 570 g/mol. The van der Waals surface area contributed by atoms with Crippen LogP contribution in [0.3, 0.4) is 0 Å². The van der Waals surface area contributed by atoms with Gasteiger partial charge in [-0.2, -0.15) is 0 Å². The maximum Gasteiger partial charge on any atom is 0.335 e. The van der Waals surface area contributed by atoms with E-state index in [-0.39, 0.29) is 40.9 Å². The standard InChI is InChI=1S/C29H25Cl3N2O4/c1-29(13-20(29)24-11-16(28(36)37)9-10-34-24)19-8-7-17(12-23(19)32)38-14-18(27(35)15-5-6-15)26(33)25-21(30)3-2-4-22(25)31/h2-4,7-12,15,20H,5-6,13-14,33H2,1H3,(H,36,37). The van der Waals surface area contributed by atoms with E-state index in [9.17, 15) is 14.7 Å². The lowest BCUT2D eigenvalue weighted by molar-refractivity contribution is -0.116. The van der Waals surface area contributed by atoms with Gasteiger partial charge in [0.15, 0.2) is 5.78 Å². The summed E-state index contributed by atoms with van der Waals surface area (Å²) in [7, 11) is 0. The molecule has 2 atom stereocenters. The van der Waals surface area contributed by atoms with Crippen LogP contribution in [-0.4, -0.2) is 28.4 Å². The summed E-state index contributed by atoms with van der Waals surface area (Å²) in [6, 6.07) is 13.6. The van der Waals surface area contributed by atoms with Gasteiger partial charge in [-0.3, -0.25) is 9.78 Å². The molecule has 3 aromatic rings. The van der Waals surface area contributed by atoms with Crippen LogP contribution in [-0.2, 0) is 10.2 Å². The molecule has 1 heterocycles. The first-order chi connectivity index (χ1) is 18.1. The van der Waals surface area contributed by atoms with Crippen LogP contribution in [0.25, 0.3) is 5.70 Å². The van der Waals surface area contributed by atoms with Crippen molar-refractivity contribution in [1.29, 1.82) is 0 Å². The zero-order valence-corrected chi connectivity index (χ0v) is 22.8. The molecule has 196 valence electrons. The zero-order valence-electron chi connectivity index (χ0n) is 20.5. The Labute approximate surface area is 235 Å². The number of aromatic nitrogens is 1. The second kappa shape index (κ2) is 10.3. The van der Waals surface area contributed by atoms with Crippen molar-refractivity contribution in [3.8, 4) is 5.75 Å². The first-order valence-corrected chi connectivity index (χ1v) is 13.3. The van der Waals surface area contributed by atoms with E-state index < -0.39 is 5.97 Å². The largest absolute Gasteiger partial charge is 0.489 e.